The molecule has 0 aliphatic carbocycles. The van der Waals surface area contributed by atoms with Crippen LogP contribution in [-0.2, 0) is 12.0 Å². The van der Waals surface area contributed by atoms with Crippen molar-refractivity contribution in [3.05, 3.63) is 72.2 Å². The average molecular weight is 265 g/mol. The monoisotopic (exact) mass is 265 g/mol. The van der Waals surface area contributed by atoms with Crippen LogP contribution >= 0.6 is 0 Å². The Labute approximate surface area is 117 Å². The average Bonchev–Trinajstić information content (AvgIpc) is 2.83. The van der Waals surface area contributed by atoms with Crippen molar-refractivity contribution in [2.75, 3.05) is 5.73 Å². The van der Waals surface area contributed by atoms with Crippen LogP contribution in [0.1, 0.15) is 11.1 Å². The highest BCUT2D eigenvalue weighted by atomic mass is 16.3. The van der Waals surface area contributed by atoms with Gasteiger partial charge in [0.05, 0.1) is 17.6 Å². The smallest absolute Gasteiger partial charge is 0.150 e. The highest BCUT2D eigenvalue weighted by Gasteiger charge is 2.36. The van der Waals surface area contributed by atoms with Crippen LogP contribution < -0.4 is 5.73 Å². The van der Waals surface area contributed by atoms with E-state index in [1.165, 1.54) is 0 Å². The molecule has 4 heteroatoms. The van der Waals surface area contributed by atoms with Gasteiger partial charge in [0.1, 0.15) is 0 Å². The molecule has 3 N–H and O–H groups in total. The molecule has 1 atom stereocenters. The van der Waals surface area contributed by atoms with Crippen molar-refractivity contribution in [1.82, 2.24) is 4.98 Å². The van der Waals surface area contributed by atoms with Crippen molar-refractivity contribution in [1.29, 1.82) is 0 Å². The third-order valence-corrected chi connectivity index (χ3v) is 3.46. The normalized spacial score (nSPS) is 20.9. The summed E-state index contributed by atoms with van der Waals surface area (Å²) in [6.45, 7) is 0. The lowest BCUT2D eigenvalue weighted by atomic mass is 9.86. The lowest BCUT2D eigenvalue weighted by Gasteiger charge is -2.25. The van der Waals surface area contributed by atoms with Gasteiger partial charge in [-0.3, -0.25) is 9.98 Å². The summed E-state index contributed by atoms with van der Waals surface area (Å²) < 4.78 is 0. The van der Waals surface area contributed by atoms with E-state index in [0.717, 1.165) is 5.56 Å². The molecule has 2 heterocycles. The van der Waals surface area contributed by atoms with Gasteiger partial charge in [0, 0.05) is 24.4 Å². The molecule has 0 amide bonds. The number of hydrogen-bond donors (Lipinski definition) is 2. The molecule has 1 aromatic carbocycles. The number of hydrogen-bond acceptors (Lipinski definition) is 4. The summed E-state index contributed by atoms with van der Waals surface area (Å²) in [5.41, 5.74) is 7.53. The Balaban J connectivity index is 1.95. The molecule has 2 aromatic rings. The first-order valence-electron chi connectivity index (χ1n) is 6.41. The lowest BCUT2D eigenvalue weighted by Crippen LogP contribution is -2.33. The van der Waals surface area contributed by atoms with Gasteiger partial charge >= 0.3 is 0 Å². The number of nitrogens with zero attached hydrogens (tertiary/aromatic N) is 2. The van der Waals surface area contributed by atoms with E-state index in [0.29, 0.717) is 23.4 Å². The minimum Gasteiger partial charge on any atom is -0.397 e. The quantitative estimate of drug-likeness (QED) is 0.892. The zero-order valence-electron chi connectivity index (χ0n) is 10.9. The van der Waals surface area contributed by atoms with Crippen LogP contribution in [0.25, 0.3) is 0 Å². The fourth-order valence-electron chi connectivity index (χ4n) is 2.40. The van der Waals surface area contributed by atoms with Crippen LogP contribution in [0.4, 0.5) is 5.69 Å². The minimum atomic E-state index is -1.25. The topological polar surface area (TPSA) is 71.5 Å². The van der Waals surface area contributed by atoms with E-state index < -0.39 is 5.60 Å². The van der Waals surface area contributed by atoms with Crippen LogP contribution in [0, 0.1) is 0 Å². The Kier molecular flexibility index (Phi) is 3.08. The lowest BCUT2D eigenvalue weighted by molar-refractivity contribution is 0.166. The molecule has 0 saturated heterocycles. The second-order valence-corrected chi connectivity index (χ2v) is 4.78. The van der Waals surface area contributed by atoms with Gasteiger partial charge in [-0.15, -0.1) is 0 Å². The predicted molar refractivity (Wildman–Crippen MR) is 79.3 cm³/mol. The van der Waals surface area contributed by atoms with Gasteiger partial charge < -0.3 is 10.8 Å². The molecule has 0 radical (unpaired) electrons. The molecule has 100 valence electrons. The van der Waals surface area contributed by atoms with Gasteiger partial charge in [-0.2, -0.15) is 0 Å². The number of anilines is 1. The van der Waals surface area contributed by atoms with Gasteiger partial charge in [0.2, 0.25) is 0 Å². The Morgan fingerprint density at radius 1 is 1.15 bits per heavy atom. The summed E-state index contributed by atoms with van der Waals surface area (Å²) in [6, 6.07) is 11.7. The third-order valence-electron chi connectivity index (χ3n) is 3.46. The number of rotatable bonds is 3. The summed E-state index contributed by atoms with van der Waals surface area (Å²) in [6.07, 6.45) is 7.02. The van der Waals surface area contributed by atoms with Gasteiger partial charge in [-0.05, 0) is 17.7 Å². The van der Waals surface area contributed by atoms with Crippen LogP contribution in [-0.4, -0.2) is 15.8 Å². The summed E-state index contributed by atoms with van der Waals surface area (Å²) in [4.78, 5) is 8.27. The summed E-state index contributed by atoms with van der Waals surface area (Å²) in [7, 11) is 0. The van der Waals surface area contributed by atoms with Crippen molar-refractivity contribution >= 4 is 11.4 Å². The number of nitrogens with two attached hydrogens (primary N) is 1. The van der Waals surface area contributed by atoms with Crippen molar-refractivity contribution in [2.24, 2.45) is 4.99 Å². The van der Waals surface area contributed by atoms with Crippen LogP contribution in [0.5, 0.6) is 0 Å². The van der Waals surface area contributed by atoms with E-state index >= 15 is 0 Å². The molecule has 4 nitrogen and oxygen atoms in total. The number of nitrogen functional groups attached to an aromatic ring is 1. The van der Waals surface area contributed by atoms with Gasteiger partial charge in [0.15, 0.2) is 5.60 Å². The maximum Gasteiger partial charge on any atom is 0.150 e. The van der Waals surface area contributed by atoms with Crippen molar-refractivity contribution in [3.8, 4) is 0 Å². The molecule has 0 saturated carbocycles. The first kappa shape index (κ1) is 12.6. The SMILES string of the molecule is Nc1cnccc1C1(O)C=CN=C1Cc1ccccc1. The Bertz CT molecular complexity index is 679. The van der Waals surface area contributed by atoms with Crippen molar-refractivity contribution in [2.45, 2.75) is 12.0 Å². The molecule has 1 aliphatic rings. The van der Waals surface area contributed by atoms with Crippen LogP contribution in [0.15, 0.2) is 66.1 Å². The zero-order valence-corrected chi connectivity index (χ0v) is 10.9. The molecule has 1 aliphatic heterocycles. The van der Waals surface area contributed by atoms with E-state index in [2.05, 4.69) is 9.98 Å². The Hall–Kier alpha value is -2.46. The number of pyridine rings is 1. The molecular weight excluding hydrogens is 250 g/mol. The van der Waals surface area contributed by atoms with Gasteiger partial charge in [-0.1, -0.05) is 30.3 Å². The first-order chi connectivity index (χ1) is 9.70. The predicted octanol–water partition coefficient (Wildman–Crippen LogP) is 2.06. The molecule has 0 bridgehead atoms. The molecule has 0 fully saturated rings. The first-order valence-corrected chi connectivity index (χ1v) is 6.41. The largest absolute Gasteiger partial charge is 0.397 e. The maximum atomic E-state index is 10.9. The number of benzene rings is 1. The fourth-order valence-corrected chi connectivity index (χ4v) is 2.40. The van der Waals surface area contributed by atoms with E-state index in [9.17, 15) is 5.11 Å². The van der Waals surface area contributed by atoms with E-state index in [1.54, 1.807) is 30.7 Å². The minimum absolute atomic E-state index is 0.460. The number of aromatic nitrogens is 1. The summed E-state index contributed by atoms with van der Waals surface area (Å²) in [5, 5.41) is 10.9. The summed E-state index contributed by atoms with van der Waals surface area (Å²) >= 11 is 0. The van der Waals surface area contributed by atoms with Crippen molar-refractivity contribution in [3.63, 3.8) is 0 Å². The third kappa shape index (κ3) is 2.10. The molecule has 1 aromatic heterocycles. The molecule has 20 heavy (non-hydrogen) atoms. The molecule has 0 spiro atoms. The van der Waals surface area contributed by atoms with Gasteiger partial charge in [-0.25, -0.2) is 0 Å². The van der Waals surface area contributed by atoms with Gasteiger partial charge in [0.25, 0.3) is 0 Å². The zero-order chi connectivity index (χ0) is 14.0. The molecular formula is C16H15N3O. The highest BCUT2D eigenvalue weighted by Crippen LogP contribution is 2.33. The molecule has 3 rings (SSSR count). The van der Waals surface area contributed by atoms with E-state index in [1.807, 2.05) is 30.3 Å². The van der Waals surface area contributed by atoms with Crippen molar-refractivity contribution < 1.29 is 5.11 Å². The van der Waals surface area contributed by atoms with Crippen LogP contribution in [0.2, 0.25) is 0 Å². The summed E-state index contributed by atoms with van der Waals surface area (Å²) in [5.74, 6) is 0. The fraction of sp³-hybridized carbons (Fsp3) is 0.125. The number of aliphatic hydroxyl groups is 1. The Morgan fingerprint density at radius 3 is 2.70 bits per heavy atom. The maximum absolute atomic E-state index is 10.9. The standard InChI is InChI=1S/C16H15N3O/c17-14-11-18-8-6-13(14)16(20)7-9-19-15(16)10-12-4-2-1-3-5-12/h1-9,11,20H,10,17H2. The van der Waals surface area contributed by atoms with E-state index in [4.69, 9.17) is 5.73 Å². The van der Waals surface area contributed by atoms with E-state index in [-0.39, 0.29) is 0 Å². The Morgan fingerprint density at radius 2 is 1.95 bits per heavy atom. The van der Waals surface area contributed by atoms with Crippen LogP contribution in [0.3, 0.4) is 0 Å². The number of aliphatic imine (C=N–C) groups is 1. The highest BCUT2D eigenvalue weighted by molar-refractivity contribution is 5.99. The molecule has 1 unspecified atom stereocenters. The second kappa shape index (κ2) is 4.90. The second-order valence-electron chi connectivity index (χ2n) is 4.78.